The molecule has 1 heterocycles. The molecule has 2 aromatic carbocycles. The van der Waals surface area contributed by atoms with E-state index >= 15 is 0 Å². The van der Waals surface area contributed by atoms with Crippen molar-refractivity contribution in [2.75, 3.05) is 14.2 Å². The van der Waals surface area contributed by atoms with Crippen molar-refractivity contribution in [1.82, 2.24) is 4.90 Å². The predicted molar refractivity (Wildman–Crippen MR) is 95.0 cm³/mol. The van der Waals surface area contributed by atoms with Gasteiger partial charge in [0.05, 0.1) is 7.11 Å². The van der Waals surface area contributed by atoms with Crippen molar-refractivity contribution in [2.24, 2.45) is 0 Å². The average Bonchev–Trinajstić information content (AvgIpc) is 2.97. The summed E-state index contributed by atoms with van der Waals surface area (Å²) in [7, 11) is 3.28. The van der Waals surface area contributed by atoms with Crippen LogP contribution in [0.1, 0.15) is 16.1 Å². The van der Waals surface area contributed by atoms with Gasteiger partial charge in [-0.15, -0.1) is 0 Å². The van der Waals surface area contributed by atoms with E-state index in [4.69, 9.17) is 32.4 Å². The topological polar surface area (TPSA) is 42.7 Å². The molecule has 0 radical (unpaired) electrons. The maximum Gasteiger partial charge on any atom is 0.289 e. The smallest absolute Gasteiger partial charge is 0.289 e. The van der Waals surface area contributed by atoms with E-state index in [1.165, 1.54) is 0 Å². The number of amides is 1. The quantitative estimate of drug-likeness (QED) is 0.653. The number of halogens is 2. The number of carbonyl (C=O) groups excluding carboxylic acids is 1. The molecule has 124 valence electrons. The second kappa shape index (κ2) is 6.75. The molecule has 3 rings (SSSR count). The lowest BCUT2D eigenvalue weighted by Crippen LogP contribution is -2.26. The molecule has 0 aliphatic rings. The van der Waals surface area contributed by atoms with Crippen LogP contribution in [0.5, 0.6) is 5.75 Å². The summed E-state index contributed by atoms with van der Waals surface area (Å²) in [5.41, 5.74) is 1.44. The molecule has 0 N–H and O–H groups in total. The van der Waals surface area contributed by atoms with Gasteiger partial charge < -0.3 is 14.1 Å². The van der Waals surface area contributed by atoms with E-state index in [1.807, 2.05) is 0 Å². The van der Waals surface area contributed by atoms with Crippen LogP contribution in [0, 0.1) is 0 Å². The number of carbonyl (C=O) groups is 1. The van der Waals surface area contributed by atoms with Gasteiger partial charge in [-0.25, -0.2) is 0 Å². The fourth-order valence-electron chi connectivity index (χ4n) is 2.51. The summed E-state index contributed by atoms with van der Waals surface area (Å²) in [5.74, 6) is 0.704. The number of ether oxygens (including phenoxy) is 1. The summed E-state index contributed by atoms with van der Waals surface area (Å²) in [5, 5.41) is 1.98. The summed E-state index contributed by atoms with van der Waals surface area (Å²) in [6.07, 6.45) is 0. The van der Waals surface area contributed by atoms with Gasteiger partial charge in [0.25, 0.3) is 5.91 Å². The third-order valence-corrected chi connectivity index (χ3v) is 4.16. The van der Waals surface area contributed by atoms with Gasteiger partial charge in [0, 0.05) is 34.6 Å². The normalized spacial score (nSPS) is 10.8. The molecule has 3 aromatic rings. The molecule has 1 amide bonds. The number of rotatable bonds is 4. The summed E-state index contributed by atoms with van der Waals surface area (Å²) in [6.45, 7) is 0.348. The van der Waals surface area contributed by atoms with Crippen LogP contribution < -0.4 is 4.74 Å². The van der Waals surface area contributed by atoms with Gasteiger partial charge in [0.1, 0.15) is 11.3 Å². The van der Waals surface area contributed by atoms with Gasteiger partial charge >= 0.3 is 0 Å². The lowest BCUT2D eigenvalue weighted by Gasteiger charge is -2.18. The SMILES string of the molecule is COc1ccc(Cl)cc1CN(C)C(=O)c1cc2cc(Cl)ccc2o1. The summed E-state index contributed by atoms with van der Waals surface area (Å²) in [6, 6.07) is 12.2. The van der Waals surface area contributed by atoms with Crippen LogP contribution in [0.4, 0.5) is 0 Å². The lowest BCUT2D eigenvalue weighted by molar-refractivity contribution is 0.0755. The number of nitrogens with zero attached hydrogens (tertiary/aromatic N) is 1. The van der Waals surface area contributed by atoms with Gasteiger partial charge in [0.15, 0.2) is 5.76 Å². The average molecular weight is 364 g/mol. The molecule has 0 spiro atoms. The molecule has 0 unspecified atom stereocenters. The molecule has 4 nitrogen and oxygen atoms in total. The van der Waals surface area contributed by atoms with Gasteiger partial charge in [-0.3, -0.25) is 4.79 Å². The highest BCUT2D eigenvalue weighted by atomic mass is 35.5. The van der Waals surface area contributed by atoms with Crippen molar-refractivity contribution >= 4 is 40.1 Å². The fraction of sp³-hybridized carbons (Fsp3) is 0.167. The van der Waals surface area contributed by atoms with Crippen molar-refractivity contribution in [3.05, 3.63) is 63.8 Å². The first kappa shape index (κ1) is 16.7. The van der Waals surface area contributed by atoms with Gasteiger partial charge in [-0.2, -0.15) is 0 Å². The van der Waals surface area contributed by atoms with Crippen LogP contribution in [-0.2, 0) is 6.54 Å². The molecule has 0 atom stereocenters. The van der Waals surface area contributed by atoms with Crippen LogP contribution in [0.3, 0.4) is 0 Å². The molecular weight excluding hydrogens is 349 g/mol. The predicted octanol–water partition coefficient (Wildman–Crippen LogP) is 5.02. The van der Waals surface area contributed by atoms with Crippen LogP contribution in [0.2, 0.25) is 10.0 Å². The van der Waals surface area contributed by atoms with Crippen molar-refractivity contribution < 1.29 is 13.9 Å². The van der Waals surface area contributed by atoms with Gasteiger partial charge in [-0.05, 0) is 42.5 Å². The Labute approximate surface area is 149 Å². The molecule has 24 heavy (non-hydrogen) atoms. The number of hydrogen-bond acceptors (Lipinski definition) is 3. The lowest BCUT2D eigenvalue weighted by atomic mass is 10.2. The Kier molecular flexibility index (Phi) is 4.69. The van der Waals surface area contributed by atoms with Gasteiger partial charge in [0.2, 0.25) is 0 Å². The first-order valence-electron chi connectivity index (χ1n) is 7.25. The largest absolute Gasteiger partial charge is 0.496 e. The Hall–Kier alpha value is -2.17. The Morgan fingerprint density at radius 2 is 1.83 bits per heavy atom. The number of hydrogen-bond donors (Lipinski definition) is 0. The fourth-order valence-corrected chi connectivity index (χ4v) is 2.88. The van der Waals surface area contributed by atoms with E-state index in [-0.39, 0.29) is 11.7 Å². The molecule has 0 saturated carbocycles. The highest BCUT2D eigenvalue weighted by molar-refractivity contribution is 6.31. The summed E-state index contributed by atoms with van der Waals surface area (Å²) < 4.78 is 10.9. The minimum absolute atomic E-state index is 0.232. The van der Waals surface area contributed by atoms with E-state index < -0.39 is 0 Å². The molecule has 0 bridgehead atoms. The zero-order valence-electron chi connectivity index (χ0n) is 13.2. The molecule has 0 fully saturated rings. The number of fused-ring (bicyclic) bond motifs is 1. The van der Waals surface area contributed by atoms with Crippen LogP contribution in [0.25, 0.3) is 11.0 Å². The first-order valence-corrected chi connectivity index (χ1v) is 8.00. The molecule has 1 aromatic heterocycles. The van der Waals surface area contributed by atoms with Crippen molar-refractivity contribution in [3.63, 3.8) is 0 Å². The number of methoxy groups -OCH3 is 1. The second-order valence-electron chi connectivity index (χ2n) is 5.41. The number of benzene rings is 2. The van der Waals surface area contributed by atoms with Gasteiger partial charge in [-0.1, -0.05) is 23.2 Å². The monoisotopic (exact) mass is 363 g/mol. The van der Waals surface area contributed by atoms with Crippen LogP contribution in [0.15, 0.2) is 46.9 Å². The zero-order chi connectivity index (χ0) is 17.3. The molecule has 0 aliphatic carbocycles. The summed E-state index contributed by atoms with van der Waals surface area (Å²) in [4.78, 5) is 14.2. The highest BCUT2D eigenvalue weighted by Gasteiger charge is 2.18. The Bertz CT molecular complexity index is 904. The maximum atomic E-state index is 12.6. The first-order chi connectivity index (χ1) is 11.5. The molecule has 0 saturated heterocycles. The molecule has 6 heteroatoms. The standard InChI is InChI=1S/C18H15Cl2NO3/c1-21(10-12-8-14(20)3-5-15(12)23-2)18(22)17-9-11-7-13(19)4-6-16(11)24-17/h3-9H,10H2,1-2H3. The molecule has 0 aliphatic heterocycles. The zero-order valence-corrected chi connectivity index (χ0v) is 14.7. The maximum absolute atomic E-state index is 12.6. The number of furan rings is 1. The Morgan fingerprint density at radius 1 is 1.12 bits per heavy atom. The molecular formula is C18H15Cl2NO3. The minimum Gasteiger partial charge on any atom is -0.496 e. The third kappa shape index (κ3) is 3.35. The van der Waals surface area contributed by atoms with Crippen LogP contribution >= 0.6 is 23.2 Å². The van der Waals surface area contributed by atoms with E-state index in [0.717, 1.165) is 10.9 Å². The van der Waals surface area contributed by atoms with E-state index in [0.29, 0.717) is 27.9 Å². The highest BCUT2D eigenvalue weighted by Crippen LogP contribution is 2.26. The van der Waals surface area contributed by atoms with E-state index in [1.54, 1.807) is 61.5 Å². The Morgan fingerprint density at radius 3 is 2.58 bits per heavy atom. The Balaban J connectivity index is 1.85. The van der Waals surface area contributed by atoms with Crippen molar-refractivity contribution in [2.45, 2.75) is 6.54 Å². The summed E-state index contributed by atoms with van der Waals surface area (Å²) >= 11 is 12.0. The van der Waals surface area contributed by atoms with E-state index in [2.05, 4.69) is 0 Å². The third-order valence-electron chi connectivity index (χ3n) is 3.69. The van der Waals surface area contributed by atoms with Crippen molar-refractivity contribution in [3.8, 4) is 5.75 Å². The second-order valence-corrected chi connectivity index (χ2v) is 6.28. The minimum atomic E-state index is -0.232. The van der Waals surface area contributed by atoms with Crippen LogP contribution in [-0.4, -0.2) is 25.0 Å². The van der Waals surface area contributed by atoms with Crippen molar-refractivity contribution in [1.29, 1.82) is 0 Å². The van der Waals surface area contributed by atoms with E-state index in [9.17, 15) is 4.79 Å².